The molecule has 0 radical (unpaired) electrons. The first kappa shape index (κ1) is 10.9. The lowest BCUT2D eigenvalue weighted by Crippen LogP contribution is -2.06. The van der Waals surface area contributed by atoms with Gasteiger partial charge in [0.25, 0.3) is 0 Å². The minimum Gasteiger partial charge on any atom is -0.372 e. The van der Waals surface area contributed by atoms with Gasteiger partial charge in [-0.15, -0.1) is 0 Å². The van der Waals surface area contributed by atoms with Crippen LogP contribution >= 0.6 is 15.9 Å². The van der Waals surface area contributed by atoms with Crippen molar-refractivity contribution in [2.75, 3.05) is 12.4 Å². The highest BCUT2D eigenvalue weighted by molar-refractivity contribution is 9.10. The predicted octanol–water partition coefficient (Wildman–Crippen LogP) is 3.25. The quantitative estimate of drug-likeness (QED) is 0.896. The lowest BCUT2D eigenvalue weighted by molar-refractivity contribution is 0.664. The van der Waals surface area contributed by atoms with Gasteiger partial charge in [-0.2, -0.15) is 0 Å². The Hall–Kier alpha value is -0.640. The first-order valence-corrected chi connectivity index (χ1v) is 6.23. The molecule has 3 nitrogen and oxygen atoms in total. The molecule has 1 aromatic heterocycles. The summed E-state index contributed by atoms with van der Waals surface area (Å²) in [6.07, 6.45) is 5.12. The summed E-state index contributed by atoms with van der Waals surface area (Å²) in [6.45, 7) is 2.02. The number of aromatic nitrogens is 2. The Morgan fingerprint density at radius 3 is 2.53 bits per heavy atom. The van der Waals surface area contributed by atoms with Gasteiger partial charge in [-0.3, -0.25) is 0 Å². The van der Waals surface area contributed by atoms with Gasteiger partial charge in [-0.25, -0.2) is 9.97 Å². The highest BCUT2D eigenvalue weighted by Gasteiger charge is 2.21. The molecule has 0 unspecified atom stereocenters. The summed E-state index contributed by atoms with van der Waals surface area (Å²) in [5.41, 5.74) is 1.02. The molecule has 1 saturated carbocycles. The number of halogens is 1. The fourth-order valence-corrected chi connectivity index (χ4v) is 2.49. The van der Waals surface area contributed by atoms with E-state index in [1.54, 1.807) is 0 Å². The van der Waals surface area contributed by atoms with Gasteiger partial charge in [-0.05, 0) is 35.7 Å². The Labute approximate surface area is 98.8 Å². The number of nitrogens with one attached hydrogen (secondary N) is 1. The maximum absolute atomic E-state index is 4.57. The molecule has 0 spiro atoms. The molecule has 0 aromatic carbocycles. The molecule has 82 valence electrons. The Bertz CT molecular complexity index is 359. The van der Waals surface area contributed by atoms with Crippen molar-refractivity contribution < 1.29 is 0 Å². The van der Waals surface area contributed by atoms with Crippen LogP contribution < -0.4 is 5.32 Å². The molecule has 1 heterocycles. The first-order valence-electron chi connectivity index (χ1n) is 5.44. The van der Waals surface area contributed by atoms with E-state index in [-0.39, 0.29) is 0 Å². The molecule has 1 aliphatic rings. The molecular weight excluding hydrogens is 254 g/mol. The van der Waals surface area contributed by atoms with Gasteiger partial charge in [-0.1, -0.05) is 12.8 Å². The van der Waals surface area contributed by atoms with Crippen molar-refractivity contribution in [1.82, 2.24) is 9.97 Å². The van der Waals surface area contributed by atoms with Crippen LogP contribution in [0.15, 0.2) is 4.47 Å². The molecule has 4 heteroatoms. The van der Waals surface area contributed by atoms with E-state index in [0.29, 0.717) is 5.92 Å². The molecular formula is C11H16BrN3. The predicted molar refractivity (Wildman–Crippen MR) is 65.2 cm³/mol. The second-order valence-corrected chi connectivity index (χ2v) is 4.85. The Balaban J connectivity index is 2.35. The maximum atomic E-state index is 4.57. The first-order chi connectivity index (χ1) is 7.22. The van der Waals surface area contributed by atoms with Gasteiger partial charge in [0, 0.05) is 13.0 Å². The smallest absolute Gasteiger partial charge is 0.144 e. The number of anilines is 1. The van der Waals surface area contributed by atoms with Crippen molar-refractivity contribution in [2.24, 2.45) is 0 Å². The van der Waals surface area contributed by atoms with Crippen LogP contribution in [0.2, 0.25) is 0 Å². The SMILES string of the molecule is CNc1nc(C2CCCC2)nc(C)c1Br. The average molecular weight is 270 g/mol. The number of hydrogen-bond acceptors (Lipinski definition) is 3. The average Bonchev–Trinajstić information content (AvgIpc) is 2.75. The molecule has 0 saturated heterocycles. The van der Waals surface area contributed by atoms with Crippen molar-refractivity contribution in [3.63, 3.8) is 0 Å². The van der Waals surface area contributed by atoms with Gasteiger partial charge >= 0.3 is 0 Å². The summed E-state index contributed by atoms with van der Waals surface area (Å²) >= 11 is 3.50. The number of nitrogens with zero attached hydrogens (tertiary/aromatic N) is 2. The lowest BCUT2D eigenvalue weighted by atomic mass is 10.1. The number of rotatable bonds is 2. The van der Waals surface area contributed by atoms with Crippen LogP contribution in [0.4, 0.5) is 5.82 Å². The molecule has 0 bridgehead atoms. The standard InChI is InChI=1S/C11H16BrN3/c1-7-9(12)11(13-2)15-10(14-7)8-5-3-4-6-8/h8H,3-6H2,1-2H3,(H,13,14,15). The van der Waals surface area contributed by atoms with Crippen molar-refractivity contribution in [2.45, 2.75) is 38.5 Å². The topological polar surface area (TPSA) is 37.8 Å². The van der Waals surface area contributed by atoms with Gasteiger partial charge in [0.05, 0.1) is 10.2 Å². The van der Waals surface area contributed by atoms with Gasteiger partial charge in [0.1, 0.15) is 11.6 Å². The minimum atomic E-state index is 0.573. The fraction of sp³-hybridized carbons (Fsp3) is 0.636. The van der Waals surface area contributed by atoms with Gasteiger partial charge in [0.2, 0.25) is 0 Å². The Morgan fingerprint density at radius 2 is 1.93 bits per heavy atom. The van der Waals surface area contributed by atoms with E-state index in [1.807, 2.05) is 14.0 Å². The third kappa shape index (κ3) is 2.14. The summed E-state index contributed by atoms with van der Waals surface area (Å²) < 4.78 is 0.978. The van der Waals surface area contributed by atoms with Crippen LogP contribution in [0.1, 0.15) is 43.1 Å². The summed E-state index contributed by atoms with van der Waals surface area (Å²) in [5, 5.41) is 3.10. The van der Waals surface area contributed by atoms with Crippen molar-refractivity contribution in [1.29, 1.82) is 0 Å². The zero-order valence-corrected chi connectivity index (χ0v) is 10.8. The third-order valence-corrected chi connectivity index (χ3v) is 3.94. The van der Waals surface area contributed by atoms with Crippen molar-refractivity contribution in [3.8, 4) is 0 Å². The van der Waals surface area contributed by atoms with Gasteiger partial charge in [0.15, 0.2) is 0 Å². The summed E-state index contributed by atoms with van der Waals surface area (Å²) in [5.74, 6) is 2.49. The van der Waals surface area contributed by atoms with E-state index in [4.69, 9.17) is 0 Å². The number of hydrogen-bond donors (Lipinski definition) is 1. The van der Waals surface area contributed by atoms with Crippen LogP contribution in [0.5, 0.6) is 0 Å². The number of aryl methyl sites for hydroxylation is 1. The van der Waals surface area contributed by atoms with Crippen LogP contribution in [0.3, 0.4) is 0 Å². The second-order valence-electron chi connectivity index (χ2n) is 4.06. The second kappa shape index (κ2) is 4.47. The molecule has 1 aromatic rings. The highest BCUT2D eigenvalue weighted by atomic mass is 79.9. The van der Waals surface area contributed by atoms with E-state index in [9.17, 15) is 0 Å². The largest absolute Gasteiger partial charge is 0.372 e. The Morgan fingerprint density at radius 1 is 1.27 bits per heavy atom. The lowest BCUT2D eigenvalue weighted by Gasteiger charge is -2.12. The van der Waals surface area contributed by atoms with E-state index in [2.05, 4.69) is 31.2 Å². The Kier molecular flexibility index (Phi) is 3.24. The summed E-state index contributed by atoms with van der Waals surface area (Å²) in [4.78, 5) is 9.13. The zero-order valence-electron chi connectivity index (χ0n) is 9.18. The van der Waals surface area contributed by atoms with Crippen LogP contribution in [-0.4, -0.2) is 17.0 Å². The molecule has 0 amide bonds. The van der Waals surface area contributed by atoms with E-state index in [1.165, 1.54) is 25.7 Å². The van der Waals surface area contributed by atoms with Crippen molar-refractivity contribution in [3.05, 3.63) is 16.0 Å². The normalized spacial score (nSPS) is 17.0. The third-order valence-electron chi connectivity index (χ3n) is 2.99. The molecule has 1 N–H and O–H groups in total. The maximum Gasteiger partial charge on any atom is 0.144 e. The van der Waals surface area contributed by atoms with Gasteiger partial charge < -0.3 is 5.32 Å². The summed E-state index contributed by atoms with van der Waals surface area (Å²) in [6, 6.07) is 0. The van der Waals surface area contributed by atoms with Crippen molar-refractivity contribution >= 4 is 21.7 Å². The van der Waals surface area contributed by atoms with Crippen LogP contribution in [0.25, 0.3) is 0 Å². The molecule has 15 heavy (non-hydrogen) atoms. The molecule has 1 aliphatic carbocycles. The zero-order chi connectivity index (χ0) is 10.8. The molecule has 0 aliphatic heterocycles. The van der Waals surface area contributed by atoms with E-state index >= 15 is 0 Å². The molecule has 2 rings (SSSR count). The highest BCUT2D eigenvalue weighted by Crippen LogP contribution is 2.34. The monoisotopic (exact) mass is 269 g/mol. The van der Waals surface area contributed by atoms with Crippen LogP contribution in [0, 0.1) is 6.92 Å². The molecule has 1 fully saturated rings. The van der Waals surface area contributed by atoms with E-state index in [0.717, 1.165) is 21.8 Å². The summed E-state index contributed by atoms with van der Waals surface area (Å²) in [7, 11) is 1.89. The minimum absolute atomic E-state index is 0.573. The fourth-order valence-electron chi connectivity index (χ4n) is 2.11. The molecule has 0 atom stereocenters. The van der Waals surface area contributed by atoms with Crippen LogP contribution in [-0.2, 0) is 0 Å². The van der Waals surface area contributed by atoms with E-state index < -0.39 is 0 Å².